The topological polar surface area (TPSA) is 12.0 Å². The zero-order valence-corrected chi connectivity index (χ0v) is 5.63. The summed E-state index contributed by atoms with van der Waals surface area (Å²) in [7, 11) is 0. The molecule has 1 spiro atoms. The first-order valence-electron chi connectivity index (χ1n) is 3.12. The van der Waals surface area contributed by atoms with Crippen LogP contribution in [0.2, 0.25) is 0 Å². The fraction of sp³-hybridized carbons (Fsp3) is 0.833. The smallest absolute Gasteiger partial charge is 0.0310 e. The lowest BCUT2D eigenvalue weighted by Gasteiger charge is -2.35. The molecule has 2 fully saturated rings. The number of thioether (sulfide) groups is 1. The molecule has 0 aromatic rings. The van der Waals surface area contributed by atoms with Gasteiger partial charge < -0.3 is 5.32 Å². The third kappa shape index (κ3) is 0.594. The Kier molecular flexibility index (Phi) is 1.05. The largest absolute Gasteiger partial charge is 0.315 e. The molecule has 0 saturated carbocycles. The Morgan fingerprint density at radius 2 is 2.50 bits per heavy atom. The minimum absolute atomic E-state index is 0.667. The lowest BCUT2D eigenvalue weighted by Crippen LogP contribution is -2.33. The maximum Gasteiger partial charge on any atom is 0.0310 e. The third-order valence-electron chi connectivity index (χ3n) is 1.99. The van der Waals surface area contributed by atoms with Gasteiger partial charge in [-0.05, 0) is 19.4 Å². The van der Waals surface area contributed by atoms with E-state index in [0.29, 0.717) is 4.75 Å². The molecule has 2 heteroatoms. The second-order valence-electron chi connectivity index (χ2n) is 2.60. The van der Waals surface area contributed by atoms with Crippen molar-refractivity contribution in [2.45, 2.75) is 17.6 Å². The molecule has 1 unspecified atom stereocenters. The van der Waals surface area contributed by atoms with Crippen LogP contribution in [-0.4, -0.2) is 17.8 Å². The molecular formula is C6H10NS. The normalized spacial score (nSPS) is 45.0. The van der Waals surface area contributed by atoms with Gasteiger partial charge in [0, 0.05) is 17.0 Å². The monoisotopic (exact) mass is 128 g/mol. The van der Waals surface area contributed by atoms with Crippen LogP contribution in [0.25, 0.3) is 0 Å². The van der Waals surface area contributed by atoms with Crippen molar-refractivity contribution in [3.63, 3.8) is 0 Å². The van der Waals surface area contributed by atoms with E-state index in [-0.39, 0.29) is 0 Å². The predicted molar refractivity (Wildman–Crippen MR) is 36.7 cm³/mol. The van der Waals surface area contributed by atoms with E-state index in [2.05, 4.69) is 11.1 Å². The van der Waals surface area contributed by atoms with E-state index < -0.39 is 0 Å². The Morgan fingerprint density at radius 3 is 2.75 bits per heavy atom. The summed E-state index contributed by atoms with van der Waals surface area (Å²) in [6, 6.07) is 0. The van der Waals surface area contributed by atoms with Crippen molar-refractivity contribution in [2.24, 2.45) is 0 Å². The van der Waals surface area contributed by atoms with E-state index >= 15 is 0 Å². The van der Waals surface area contributed by atoms with Crippen LogP contribution in [0, 0.1) is 5.75 Å². The molecule has 0 bridgehead atoms. The Bertz CT molecular complexity index is 90.7. The van der Waals surface area contributed by atoms with Gasteiger partial charge in [0.2, 0.25) is 0 Å². The molecule has 1 atom stereocenters. The zero-order valence-electron chi connectivity index (χ0n) is 4.81. The Hall–Kier alpha value is 0.310. The molecular weight excluding hydrogens is 118 g/mol. The highest BCUT2D eigenvalue weighted by Gasteiger charge is 2.40. The maximum absolute atomic E-state index is 3.37. The molecule has 45 valence electrons. The molecule has 0 aliphatic carbocycles. The quantitative estimate of drug-likeness (QED) is 0.522. The van der Waals surface area contributed by atoms with Gasteiger partial charge in [0.15, 0.2) is 0 Å². The van der Waals surface area contributed by atoms with Crippen molar-refractivity contribution in [2.75, 3.05) is 13.1 Å². The van der Waals surface area contributed by atoms with Crippen LogP contribution in [0.3, 0.4) is 0 Å². The highest BCUT2D eigenvalue weighted by molar-refractivity contribution is 8.04. The van der Waals surface area contributed by atoms with Crippen LogP contribution >= 0.6 is 11.8 Å². The molecule has 2 saturated heterocycles. The van der Waals surface area contributed by atoms with Crippen LogP contribution in [0.5, 0.6) is 0 Å². The summed E-state index contributed by atoms with van der Waals surface area (Å²) in [6.45, 7) is 2.48. The number of rotatable bonds is 0. The van der Waals surface area contributed by atoms with Crippen molar-refractivity contribution < 1.29 is 0 Å². The Labute approximate surface area is 54.2 Å². The van der Waals surface area contributed by atoms with Gasteiger partial charge in [-0.1, -0.05) is 0 Å². The van der Waals surface area contributed by atoms with E-state index in [1.807, 2.05) is 11.8 Å². The van der Waals surface area contributed by atoms with Gasteiger partial charge >= 0.3 is 0 Å². The van der Waals surface area contributed by atoms with E-state index in [1.165, 1.54) is 25.9 Å². The van der Waals surface area contributed by atoms with E-state index in [0.717, 1.165) is 0 Å². The summed E-state index contributed by atoms with van der Waals surface area (Å²) in [5.41, 5.74) is 0. The first-order valence-corrected chi connectivity index (χ1v) is 4.00. The van der Waals surface area contributed by atoms with Crippen molar-refractivity contribution >= 4 is 11.8 Å². The van der Waals surface area contributed by atoms with Crippen molar-refractivity contribution in [3.8, 4) is 0 Å². The molecule has 2 aliphatic rings. The standard InChI is InChI=1S/C6H10NS/c1-3-7-5-6(1)2-4-8-6/h4,7H,1-3,5H2. The second-order valence-corrected chi connectivity index (χ2v) is 4.03. The summed E-state index contributed by atoms with van der Waals surface area (Å²) in [5, 5.41) is 3.37. The molecule has 8 heavy (non-hydrogen) atoms. The maximum atomic E-state index is 3.37. The molecule has 2 aliphatic heterocycles. The van der Waals surface area contributed by atoms with Gasteiger partial charge in [-0.25, -0.2) is 0 Å². The SMILES string of the molecule is [CH]1CC2(CCNC2)S1. The fourth-order valence-corrected chi connectivity index (χ4v) is 2.36. The highest BCUT2D eigenvalue weighted by atomic mass is 32.2. The highest BCUT2D eigenvalue weighted by Crippen LogP contribution is 2.47. The van der Waals surface area contributed by atoms with Gasteiger partial charge in [-0.3, -0.25) is 0 Å². The van der Waals surface area contributed by atoms with Gasteiger partial charge in [-0.2, -0.15) is 0 Å². The van der Waals surface area contributed by atoms with Crippen LogP contribution in [0.4, 0.5) is 0 Å². The predicted octanol–water partition coefficient (Wildman–Crippen LogP) is 1.02. The van der Waals surface area contributed by atoms with Crippen LogP contribution in [-0.2, 0) is 0 Å². The molecule has 1 radical (unpaired) electrons. The van der Waals surface area contributed by atoms with Gasteiger partial charge in [0.25, 0.3) is 0 Å². The Balaban J connectivity index is 2.01. The van der Waals surface area contributed by atoms with Crippen molar-refractivity contribution in [1.82, 2.24) is 5.32 Å². The Morgan fingerprint density at radius 1 is 1.62 bits per heavy atom. The summed E-state index contributed by atoms with van der Waals surface area (Å²) in [5.74, 6) is 2.31. The first-order chi connectivity index (χ1) is 3.91. The van der Waals surface area contributed by atoms with E-state index in [4.69, 9.17) is 0 Å². The van der Waals surface area contributed by atoms with Crippen molar-refractivity contribution in [1.29, 1.82) is 0 Å². The third-order valence-corrected chi connectivity index (χ3v) is 3.34. The average Bonchev–Trinajstić information content (AvgIpc) is 2.07. The second kappa shape index (κ2) is 1.64. The molecule has 2 heterocycles. The minimum atomic E-state index is 0.667. The molecule has 0 aromatic heterocycles. The molecule has 1 N–H and O–H groups in total. The summed E-state index contributed by atoms with van der Waals surface area (Å²) < 4.78 is 0.667. The van der Waals surface area contributed by atoms with Crippen LogP contribution in [0.15, 0.2) is 0 Å². The molecule has 0 amide bonds. The van der Waals surface area contributed by atoms with E-state index in [9.17, 15) is 0 Å². The summed E-state index contributed by atoms with van der Waals surface area (Å²) in [6.07, 6.45) is 2.72. The van der Waals surface area contributed by atoms with Gasteiger partial charge in [-0.15, -0.1) is 11.8 Å². The fourth-order valence-electron chi connectivity index (χ4n) is 1.31. The molecule has 0 aromatic carbocycles. The van der Waals surface area contributed by atoms with Crippen LogP contribution in [0.1, 0.15) is 12.8 Å². The number of hydrogen-bond donors (Lipinski definition) is 1. The number of hydrogen-bond acceptors (Lipinski definition) is 2. The van der Waals surface area contributed by atoms with Crippen LogP contribution < -0.4 is 5.32 Å². The average molecular weight is 128 g/mol. The van der Waals surface area contributed by atoms with Gasteiger partial charge in [0.05, 0.1) is 0 Å². The zero-order chi connectivity index (χ0) is 5.45. The number of nitrogens with one attached hydrogen (secondary N) is 1. The lowest BCUT2D eigenvalue weighted by atomic mass is 10.0. The summed E-state index contributed by atoms with van der Waals surface area (Å²) >= 11 is 2.03. The van der Waals surface area contributed by atoms with E-state index in [1.54, 1.807) is 0 Å². The lowest BCUT2D eigenvalue weighted by molar-refractivity contribution is 0.616. The minimum Gasteiger partial charge on any atom is -0.315 e. The molecule has 1 nitrogen and oxygen atoms in total. The first kappa shape index (κ1) is 5.12. The molecule has 2 rings (SSSR count). The van der Waals surface area contributed by atoms with Crippen molar-refractivity contribution in [3.05, 3.63) is 5.75 Å². The summed E-state index contributed by atoms with van der Waals surface area (Å²) in [4.78, 5) is 0. The van der Waals surface area contributed by atoms with Gasteiger partial charge in [0.1, 0.15) is 0 Å².